The van der Waals surface area contributed by atoms with Crippen LogP contribution in [0.2, 0.25) is 5.15 Å². The maximum Gasteiger partial charge on any atom is 0.166 e. The molecule has 1 saturated heterocycles. The molecule has 1 aromatic heterocycles. The quantitative estimate of drug-likeness (QED) is 0.526. The summed E-state index contributed by atoms with van der Waals surface area (Å²) < 4.78 is 13.0. The number of para-hydroxylation sites is 1. The summed E-state index contributed by atoms with van der Waals surface area (Å²) in [5, 5.41) is 5.30. The van der Waals surface area contributed by atoms with Gasteiger partial charge in [0, 0.05) is 23.6 Å². The number of hydrogen-bond acceptors (Lipinski definition) is 5. The van der Waals surface area contributed by atoms with Crippen molar-refractivity contribution < 1.29 is 14.3 Å². The molecule has 0 unspecified atom stereocenters. The van der Waals surface area contributed by atoms with Gasteiger partial charge in [-0.05, 0) is 63.2 Å². The lowest BCUT2D eigenvalue weighted by Crippen LogP contribution is -2.36. The zero-order valence-corrected chi connectivity index (χ0v) is 18.8. The number of hydrogen-bond donors (Lipinski definition) is 0. The van der Waals surface area contributed by atoms with Crippen molar-refractivity contribution >= 4 is 17.4 Å². The molecule has 0 spiro atoms. The lowest BCUT2D eigenvalue weighted by Gasteiger charge is -2.31. The molecule has 0 amide bonds. The van der Waals surface area contributed by atoms with Crippen LogP contribution in [0.4, 0.5) is 0 Å². The van der Waals surface area contributed by atoms with Gasteiger partial charge in [0.05, 0.1) is 11.4 Å². The highest BCUT2D eigenvalue weighted by Crippen LogP contribution is 2.33. The van der Waals surface area contributed by atoms with Crippen molar-refractivity contribution in [2.45, 2.75) is 26.3 Å². The monoisotopic (exact) mass is 451 g/mol. The molecule has 3 heterocycles. The van der Waals surface area contributed by atoms with E-state index in [1.807, 2.05) is 55.5 Å². The third kappa shape index (κ3) is 4.12. The van der Waals surface area contributed by atoms with Gasteiger partial charge in [0.2, 0.25) is 0 Å². The van der Waals surface area contributed by atoms with E-state index in [4.69, 9.17) is 21.1 Å². The smallest absolute Gasteiger partial charge is 0.166 e. The first-order valence-corrected chi connectivity index (χ1v) is 11.4. The molecule has 5 rings (SSSR count). The first kappa shape index (κ1) is 21.0. The van der Waals surface area contributed by atoms with Gasteiger partial charge in [-0.2, -0.15) is 5.10 Å². The van der Waals surface area contributed by atoms with E-state index in [9.17, 15) is 4.79 Å². The summed E-state index contributed by atoms with van der Waals surface area (Å²) in [6.45, 7) is 5.51. The Morgan fingerprint density at radius 1 is 1.06 bits per heavy atom. The average Bonchev–Trinajstić information content (AvgIpc) is 3.12. The Morgan fingerprint density at radius 3 is 2.53 bits per heavy atom. The molecule has 3 aromatic rings. The van der Waals surface area contributed by atoms with Gasteiger partial charge in [-0.3, -0.25) is 9.69 Å². The number of piperidine rings is 1. The zero-order chi connectivity index (χ0) is 22.1. The summed E-state index contributed by atoms with van der Waals surface area (Å²) in [6, 6.07) is 15.4. The lowest BCUT2D eigenvalue weighted by atomic mass is 9.88. The number of halogens is 1. The number of carbonyl (C=O) groups is 1. The summed E-state index contributed by atoms with van der Waals surface area (Å²) >= 11 is 6.70. The van der Waals surface area contributed by atoms with Gasteiger partial charge in [0.1, 0.15) is 18.4 Å². The third-order valence-electron chi connectivity index (χ3n) is 6.29. The van der Waals surface area contributed by atoms with Crippen molar-refractivity contribution in [2.75, 3.05) is 26.3 Å². The number of Topliss-reactive ketones (excluding diaryl/α,β-unsaturated/α-hetero) is 1. The Kier molecular flexibility index (Phi) is 5.89. The normalized spacial score (nSPS) is 16.8. The molecule has 7 heteroatoms. The van der Waals surface area contributed by atoms with E-state index in [1.54, 1.807) is 4.68 Å². The number of aromatic nitrogens is 2. The maximum atomic E-state index is 13.1. The minimum atomic E-state index is 0.0254. The number of likely N-dealkylation sites (tertiary alicyclic amines) is 1. The Hall–Kier alpha value is -2.83. The highest BCUT2D eigenvalue weighted by Gasteiger charge is 2.28. The molecular weight excluding hydrogens is 426 g/mol. The van der Waals surface area contributed by atoms with E-state index >= 15 is 0 Å². The van der Waals surface area contributed by atoms with Crippen LogP contribution >= 0.6 is 11.6 Å². The number of rotatable bonds is 5. The molecule has 2 aliphatic heterocycles. The molecule has 0 N–H and O–H groups in total. The molecule has 166 valence electrons. The topological polar surface area (TPSA) is 56.6 Å². The lowest BCUT2D eigenvalue weighted by molar-refractivity contribution is 0.0833. The highest BCUT2D eigenvalue weighted by molar-refractivity contribution is 6.30. The number of ether oxygens (including phenoxy) is 2. The molecule has 1 fully saturated rings. The van der Waals surface area contributed by atoms with Crippen LogP contribution in [0.15, 0.2) is 48.5 Å². The van der Waals surface area contributed by atoms with Crippen LogP contribution in [0, 0.1) is 12.8 Å². The largest absolute Gasteiger partial charge is 0.486 e. The SMILES string of the molecule is Cc1nn(-c2ccccc2)c(Cl)c1CN1CCC(C(=O)c2ccc3c(c2)OCCO3)CC1. The second-order valence-corrected chi connectivity index (χ2v) is 8.73. The minimum Gasteiger partial charge on any atom is -0.486 e. The van der Waals surface area contributed by atoms with Crippen LogP contribution in [-0.4, -0.2) is 46.8 Å². The highest BCUT2D eigenvalue weighted by atomic mass is 35.5. The molecule has 0 radical (unpaired) electrons. The molecule has 32 heavy (non-hydrogen) atoms. The van der Waals surface area contributed by atoms with Gasteiger partial charge >= 0.3 is 0 Å². The molecule has 2 aliphatic rings. The van der Waals surface area contributed by atoms with Gasteiger partial charge < -0.3 is 9.47 Å². The van der Waals surface area contributed by atoms with Crippen LogP contribution in [-0.2, 0) is 6.54 Å². The summed E-state index contributed by atoms with van der Waals surface area (Å²) in [5.41, 5.74) is 3.65. The molecule has 0 saturated carbocycles. The van der Waals surface area contributed by atoms with Crippen LogP contribution in [0.3, 0.4) is 0 Å². The third-order valence-corrected chi connectivity index (χ3v) is 6.68. The van der Waals surface area contributed by atoms with Crippen LogP contribution in [0.25, 0.3) is 5.69 Å². The molecular formula is C25H26ClN3O3. The Morgan fingerprint density at radius 2 is 1.78 bits per heavy atom. The predicted molar refractivity (Wildman–Crippen MR) is 123 cm³/mol. The van der Waals surface area contributed by atoms with E-state index in [0.29, 0.717) is 35.4 Å². The van der Waals surface area contributed by atoms with Crippen LogP contribution in [0.1, 0.15) is 34.5 Å². The van der Waals surface area contributed by atoms with Crippen LogP contribution in [0.5, 0.6) is 11.5 Å². The van der Waals surface area contributed by atoms with Gasteiger partial charge in [0.25, 0.3) is 0 Å². The standard InChI is InChI=1S/C25H26ClN3O3/c1-17-21(25(26)29(27-17)20-5-3-2-4-6-20)16-28-11-9-18(10-12-28)24(30)19-7-8-22-23(15-19)32-14-13-31-22/h2-8,15,18H,9-14,16H2,1H3. The maximum absolute atomic E-state index is 13.1. The average molecular weight is 452 g/mol. The fourth-order valence-electron chi connectivity index (χ4n) is 4.46. The van der Waals surface area contributed by atoms with Crippen molar-refractivity contribution in [1.82, 2.24) is 14.7 Å². The first-order chi connectivity index (χ1) is 15.6. The number of fused-ring (bicyclic) bond motifs is 1. The number of nitrogens with zero attached hydrogens (tertiary/aromatic N) is 3. The van der Waals surface area contributed by atoms with E-state index in [-0.39, 0.29) is 11.7 Å². The van der Waals surface area contributed by atoms with Crippen molar-refractivity contribution in [1.29, 1.82) is 0 Å². The van der Waals surface area contributed by atoms with Gasteiger partial charge in [0.15, 0.2) is 17.3 Å². The summed E-state index contributed by atoms with van der Waals surface area (Å²) in [5.74, 6) is 1.59. The van der Waals surface area contributed by atoms with Gasteiger partial charge in [-0.15, -0.1) is 0 Å². The Labute approximate surface area is 192 Å². The van der Waals surface area contributed by atoms with E-state index in [2.05, 4.69) is 10.00 Å². The zero-order valence-electron chi connectivity index (χ0n) is 18.1. The number of aryl methyl sites for hydroxylation is 1. The predicted octanol–water partition coefficient (Wildman–Crippen LogP) is 4.70. The minimum absolute atomic E-state index is 0.0254. The Balaban J connectivity index is 1.23. The van der Waals surface area contributed by atoms with Crippen molar-refractivity contribution in [3.8, 4) is 17.2 Å². The number of benzene rings is 2. The molecule has 0 atom stereocenters. The molecule has 0 aliphatic carbocycles. The fourth-order valence-corrected chi connectivity index (χ4v) is 4.79. The first-order valence-electron chi connectivity index (χ1n) is 11.1. The summed E-state index contributed by atoms with van der Waals surface area (Å²) in [7, 11) is 0. The van der Waals surface area contributed by atoms with Crippen molar-refractivity contribution in [2.24, 2.45) is 5.92 Å². The van der Waals surface area contributed by atoms with E-state index in [0.717, 1.165) is 49.4 Å². The van der Waals surface area contributed by atoms with Crippen molar-refractivity contribution in [3.05, 3.63) is 70.5 Å². The second-order valence-electron chi connectivity index (χ2n) is 8.38. The molecule has 6 nitrogen and oxygen atoms in total. The Bertz CT molecular complexity index is 1120. The van der Waals surface area contributed by atoms with Gasteiger partial charge in [-0.1, -0.05) is 29.8 Å². The van der Waals surface area contributed by atoms with Gasteiger partial charge in [-0.25, -0.2) is 4.68 Å². The van der Waals surface area contributed by atoms with Crippen LogP contribution < -0.4 is 9.47 Å². The molecule has 2 aromatic carbocycles. The van der Waals surface area contributed by atoms with Crippen molar-refractivity contribution in [3.63, 3.8) is 0 Å². The summed E-state index contributed by atoms with van der Waals surface area (Å²) in [4.78, 5) is 15.4. The molecule has 0 bridgehead atoms. The second kappa shape index (κ2) is 8.96. The number of carbonyl (C=O) groups excluding carboxylic acids is 1. The number of ketones is 1. The fraction of sp³-hybridized carbons (Fsp3) is 0.360. The van der Waals surface area contributed by atoms with E-state index < -0.39 is 0 Å². The van der Waals surface area contributed by atoms with E-state index in [1.165, 1.54) is 0 Å². The summed E-state index contributed by atoms with van der Waals surface area (Å²) in [6.07, 6.45) is 1.66.